The van der Waals surface area contributed by atoms with Gasteiger partial charge < -0.3 is 15.4 Å². The van der Waals surface area contributed by atoms with E-state index in [0.29, 0.717) is 0 Å². The van der Waals surface area contributed by atoms with Gasteiger partial charge in [-0.2, -0.15) is 0 Å². The van der Waals surface area contributed by atoms with Crippen LogP contribution in [0.4, 0.5) is 0 Å². The first-order chi connectivity index (χ1) is 11.8. The number of rotatable bonds is 4. The summed E-state index contributed by atoms with van der Waals surface area (Å²) in [7, 11) is 1.80. The van der Waals surface area contributed by atoms with Gasteiger partial charge in [0.2, 0.25) is 0 Å². The van der Waals surface area contributed by atoms with Crippen LogP contribution in [0, 0.1) is 6.92 Å². The first kappa shape index (κ1) is 19.5. The molecule has 2 aromatic rings. The maximum atomic E-state index is 5.71. The second kappa shape index (κ2) is 9.60. The zero-order valence-corrected chi connectivity index (χ0v) is 17.0. The van der Waals surface area contributed by atoms with Gasteiger partial charge >= 0.3 is 0 Å². The summed E-state index contributed by atoms with van der Waals surface area (Å²) in [5.41, 5.74) is 3.46. The van der Waals surface area contributed by atoms with E-state index in [1.807, 2.05) is 37.4 Å². The highest BCUT2D eigenvalue weighted by Crippen LogP contribution is 2.31. The predicted molar refractivity (Wildman–Crippen MR) is 112 cm³/mol. The molecule has 1 atom stereocenters. The molecule has 0 amide bonds. The Morgan fingerprint density at radius 1 is 1.28 bits per heavy atom. The summed E-state index contributed by atoms with van der Waals surface area (Å²) in [5.74, 6) is 1.78. The van der Waals surface area contributed by atoms with Gasteiger partial charge in [0.25, 0.3) is 0 Å². The molecular weight excluding hydrogens is 427 g/mol. The summed E-state index contributed by atoms with van der Waals surface area (Å²) in [5, 5.41) is 6.88. The highest BCUT2D eigenvalue weighted by molar-refractivity contribution is 14.0. The lowest BCUT2D eigenvalue weighted by molar-refractivity contribution is 0.261. The van der Waals surface area contributed by atoms with Crippen LogP contribution in [-0.4, -0.2) is 31.1 Å². The molecule has 134 valence electrons. The Bertz CT molecular complexity index is 703. The number of nitrogens with zero attached hydrogens (tertiary/aromatic N) is 2. The third kappa shape index (κ3) is 5.32. The third-order valence-corrected chi connectivity index (χ3v) is 4.17. The minimum Gasteiger partial charge on any atom is -0.493 e. The first-order valence-corrected chi connectivity index (χ1v) is 8.36. The molecule has 2 heterocycles. The average molecular weight is 452 g/mol. The number of aliphatic imine (C=N–C) groups is 1. The molecule has 0 aliphatic carbocycles. The smallest absolute Gasteiger partial charge is 0.191 e. The number of pyridine rings is 1. The molecular formula is C19H25IN4O. The SMILES string of the molecule is CN=C(NCCc1ccc(C)nc1)NC1CCOc2ccccc21.I. The maximum absolute atomic E-state index is 5.71. The van der Waals surface area contributed by atoms with Crippen LogP contribution < -0.4 is 15.4 Å². The minimum absolute atomic E-state index is 0. The van der Waals surface area contributed by atoms with Gasteiger partial charge in [-0.25, -0.2) is 0 Å². The number of nitrogens with one attached hydrogen (secondary N) is 2. The molecule has 1 aliphatic heterocycles. The number of aryl methyl sites for hydroxylation is 1. The normalized spacial score (nSPS) is 16.2. The lowest BCUT2D eigenvalue weighted by Crippen LogP contribution is -2.41. The van der Waals surface area contributed by atoms with Crippen LogP contribution in [0.25, 0.3) is 0 Å². The number of fused-ring (bicyclic) bond motifs is 1. The minimum atomic E-state index is 0. The first-order valence-electron chi connectivity index (χ1n) is 8.36. The van der Waals surface area contributed by atoms with E-state index in [1.54, 1.807) is 7.05 Å². The Hall–Kier alpha value is -1.83. The largest absolute Gasteiger partial charge is 0.493 e. The molecule has 0 saturated carbocycles. The van der Waals surface area contributed by atoms with Gasteiger partial charge in [0, 0.05) is 37.5 Å². The molecule has 0 saturated heterocycles. The van der Waals surface area contributed by atoms with E-state index in [-0.39, 0.29) is 30.0 Å². The number of ether oxygens (including phenoxy) is 1. The molecule has 0 spiro atoms. The van der Waals surface area contributed by atoms with Crippen molar-refractivity contribution in [3.63, 3.8) is 0 Å². The van der Waals surface area contributed by atoms with Crippen molar-refractivity contribution in [2.24, 2.45) is 4.99 Å². The zero-order chi connectivity index (χ0) is 16.8. The molecule has 5 nitrogen and oxygen atoms in total. The number of aromatic nitrogens is 1. The van der Waals surface area contributed by atoms with Crippen molar-refractivity contribution >= 4 is 29.9 Å². The molecule has 0 fully saturated rings. The Morgan fingerprint density at radius 2 is 2.12 bits per heavy atom. The van der Waals surface area contributed by atoms with Crippen molar-refractivity contribution in [2.75, 3.05) is 20.2 Å². The van der Waals surface area contributed by atoms with E-state index >= 15 is 0 Å². The van der Waals surface area contributed by atoms with Crippen molar-refractivity contribution in [1.29, 1.82) is 0 Å². The van der Waals surface area contributed by atoms with Crippen LogP contribution in [0.1, 0.15) is 29.3 Å². The van der Waals surface area contributed by atoms with Crippen LogP contribution in [0.2, 0.25) is 0 Å². The third-order valence-electron chi connectivity index (χ3n) is 4.17. The molecule has 1 aliphatic rings. The quantitative estimate of drug-likeness (QED) is 0.425. The van der Waals surface area contributed by atoms with E-state index in [9.17, 15) is 0 Å². The Kier molecular flexibility index (Phi) is 7.49. The molecule has 1 unspecified atom stereocenters. The fraction of sp³-hybridized carbons (Fsp3) is 0.368. The van der Waals surface area contributed by atoms with Gasteiger partial charge in [0.1, 0.15) is 5.75 Å². The molecule has 0 bridgehead atoms. The molecule has 0 radical (unpaired) electrons. The molecule has 3 rings (SSSR count). The number of para-hydroxylation sites is 1. The molecule has 2 N–H and O–H groups in total. The maximum Gasteiger partial charge on any atom is 0.191 e. The molecule has 1 aromatic carbocycles. The Balaban J connectivity index is 0.00000225. The second-order valence-corrected chi connectivity index (χ2v) is 5.93. The summed E-state index contributed by atoms with van der Waals surface area (Å²) in [6, 6.07) is 12.6. The van der Waals surface area contributed by atoms with Crippen LogP contribution in [0.3, 0.4) is 0 Å². The van der Waals surface area contributed by atoms with Crippen LogP contribution in [-0.2, 0) is 6.42 Å². The summed E-state index contributed by atoms with van der Waals surface area (Å²) in [4.78, 5) is 8.67. The van der Waals surface area contributed by atoms with Gasteiger partial charge in [0.15, 0.2) is 5.96 Å². The van der Waals surface area contributed by atoms with E-state index in [0.717, 1.165) is 43.4 Å². The van der Waals surface area contributed by atoms with Crippen molar-refractivity contribution in [3.05, 3.63) is 59.4 Å². The highest BCUT2D eigenvalue weighted by Gasteiger charge is 2.21. The summed E-state index contributed by atoms with van der Waals surface area (Å²) < 4.78 is 5.71. The number of halogens is 1. The van der Waals surface area contributed by atoms with Gasteiger partial charge in [-0.1, -0.05) is 24.3 Å². The topological polar surface area (TPSA) is 58.5 Å². The van der Waals surface area contributed by atoms with Gasteiger partial charge in [-0.05, 0) is 31.0 Å². The van der Waals surface area contributed by atoms with E-state index in [1.165, 1.54) is 11.1 Å². The zero-order valence-electron chi connectivity index (χ0n) is 14.7. The van der Waals surface area contributed by atoms with E-state index in [4.69, 9.17) is 4.74 Å². The average Bonchev–Trinajstić information content (AvgIpc) is 2.62. The Morgan fingerprint density at radius 3 is 2.88 bits per heavy atom. The summed E-state index contributed by atoms with van der Waals surface area (Å²) in [6.07, 6.45) is 3.78. The van der Waals surface area contributed by atoms with Gasteiger partial charge in [0.05, 0.1) is 12.6 Å². The van der Waals surface area contributed by atoms with Crippen LogP contribution in [0.5, 0.6) is 5.75 Å². The monoisotopic (exact) mass is 452 g/mol. The molecule has 6 heteroatoms. The number of benzene rings is 1. The van der Waals surface area contributed by atoms with E-state index < -0.39 is 0 Å². The van der Waals surface area contributed by atoms with Crippen molar-refractivity contribution in [1.82, 2.24) is 15.6 Å². The van der Waals surface area contributed by atoms with Crippen molar-refractivity contribution < 1.29 is 4.74 Å². The van der Waals surface area contributed by atoms with Crippen molar-refractivity contribution in [3.8, 4) is 5.75 Å². The van der Waals surface area contributed by atoms with Gasteiger partial charge in [-0.3, -0.25) is 9.98 Å². The summed E-state index contributed by atoms with van der Waals surface area (Å²) in [6.45, 7) is 3.54. The number of hydrogen-bond donors (Lipinski definition) is 2. The molecule has 25 heavy (non-hydrogen) atoms. The van der Waals surface area contributed by atoms with E-state index in [2.05, 4.69) is 32.7 Å². The number of hydrogen-bond acceptors (Lipinski definition) is 3. The highest BCUT2D eigenvalue weighted by atomic mass is 127. The second-order valence-electron chi connectivity index (χ2n) is 5.93. The molecule has 1 aromatic heterocycles. The fourth-order valence-corrected chi connectivity index (χ4v) is 2.82. The standard InChI is InChI=1S/C19H24N4O.HI/c1-14-7-8-15(13-22-14)9-11-21-19(20-2)23-17-10-12-24-18-6-4-3-5-16(17)18;/h3-8,13,17H,9-12H2,1-2H3,(H2,20,21,23);1H. The lowest BCUT2D eigenvalue weighted by Gasteiger charge is -2.28. The number of guanidine groups is 1. The fourth-order valence-electron chi connectivity index (χ4n) is 2.82. The van der Waals surface area contributed by atoms with Crippen molar-refractivity contribution in [2.45, 2.75) is 25.8 Å². The Labute approximate surface area is 166 Å². The predicted octanol–water partition coefficient (Wildman–Crippen LogP) is 3.24. The summed E-state index contributed by atoms with van der Waals surface area (Å²) >= 11 is 0. The van der Waals surface area contributed by atoms with Crippen LogP contribution >= 0.6 is 24.0 Å². The lowest BCUT2D eigenvalue weighted by atomic mass is 10.0. The van der Waals surface area contributed by atoms with Gasteiger partial charge in [-0.15, -0.1) is 24.0 Å². The van der Waals surface area contributed by atoms with Crippen LogP contribution in [0.15, 0.2) is 47.6 Å².